The van der Waals surface area contributed by atoms with Crippen molar-refractivity contribution in [1.82, 2.24) is 15.0 Å². The summed E-state index contributed by atoms with van der Waals surface area (Å²) in [5, 5.41) is 13.6. The highest BCUT2D eigenvalue weighted by molar-refractivity contribution is 6.30. The van der Waals surface area contributed by atoms with Crippen LogP contribution in [0.15, 0.2) is 28.8 Å². The van der Waals surface area contributed by atoms with Gasteiger partial charge in [0.25, 0.3) is 0 Å². The Morgan fingerprint density at radius 3 is 2.76 bits per heavy atom. The summed E-state index contributed by atoms with van der Waals surface area (Å²) in [6.45, 7) is 4.31. The molecule has 2 heterocycles. The first-order valence-electron chi connectivity index (χ1n) is 6.94. The number of hydrogen-bond donors (Lipinski definition) is 1. The number of β-amino-alcohol motifs (C(OH)–C–C–N with tert-alkyl or cyclic N) is 1. The fourth-order valence-electron chi connectivity index (χ4n) is 2.39. The Morgan fingerprint density at radius 1 is 1.24 bits per heavy atom. The molecule has 0 spiro atoms. The molecule has 0 radical (unpaired) electrons. The van der Waals surface area contributed by atoms with Gasteiger partial charge < -0.3 is 14.5 Å². The van der Waals surface area contributed by atoms with Crippen molar-refractivity contribution < 1.29 is 9.63 Å². The van der Waals surface area contributed by atoms with Gasteiger partial charge in [0, 0.05) is 43.3 Å². The minimum absolute atomic E-state index is 0.194. The Kier molecular flexibility index (Phi) is 4.38. The van der Waals surface area contributed by atoms with E-state index in [4.69, 9.17) is 21.2 Å². The fraction of sp³-hybridized carbons (Fsp3) is 0.429. The number of rotatable bonds is 4. The third kappa shape index (κ3) is 3.34. The van der Waals surface area contributed by atoms with Crippen molar-refractivity contribution in [1.29, 1.82) is 0 Å². The minimum Gasteiger partial charge on any atom is -0.395 e. The Morgan fingerprint density at radius 2 is 2.05 bits per heavy atom. The number of benzene rings is 1. The molecule has 0 amide bonds. The van der Waals surface area contributed by atoms with E-state index in [1.165, 1.54) is 0 Å². The molecular formula is C14H17ClN4O2. The molecule has 1 aromatic carbocycles. The summed E-state index contributed by atoms with van der Waals surface area (Å²) >= 11 is 5.97. The minimum atomic E-state index is 0.194. The molecule has 1 aliphatic rings. The van der Waals surface area contributed by atoms with Crippen LogP contribution in [-0.4, -0.2) is 59.5 Å². The smallest absolute Gasteiger partial charge is 0.324 e. The lowest BCUT2D eigenvalue weighted by Gasteiger charge is -2.32. The summed E-state index contributed by atoms with van der Waals surface area (Å²) in [5.41, 5.74) is 0.844. The third-order valence-corrected chi connectivity index (χ3v) is 3.79. The summed E-state index contributed by atoms with van der Waals surface area (Å²) in [6, 6.07) is 7.93. The van der Waals surface area contributed by atoms with Crippen LogP contribution < -0.4 is 4.90 Å². The number of halogens is 1. The van der Waals surface area contributed by atoms with E-state index in [9.17, 15) is 0 Å². The average molecular weight is 309 g/mol. The molecule has 1 N–H and O–H groups in total. The number of nitrogens with zero attached hydrogens (tertiary/aromatic N) is 4. The Labute approximate surface area is 127 Å². The molecule has 0 unspecified atom stereocenters. The molecule has 0 aliphatic carbocycles. The topological polar surface area (TPSA) is 65.6 Å². The van der Waals surface area contributed by atoms with Gasteiger partial charge in [0.05, 0.1) is 6.61 Å². The van der Waals surface area contributed by atoms with Gasteiger partial charge >= 0.3 is 6.01 Å². The maximum absolute atomic E-state index is 8.95. The zero-order chi connectivity index (χ0) is 14.7. The average Bonchev–Trinajstić information content (AvgIpc) is 2.98. The predicted octanol–water partition coefficient (Wildman–Crippen LogP) is 1.50. The van der Waals surface area contributed by atoms with Crippen LogP contribution >= 0.6 is 11.6 Å². The molecule has 6 nitrogen and oxygen atoms in total. The maximum Gasteiger partial charge on any atom is 0.324 e. The molecule has 112 valence electrons. The number of hydrogen-bond acceptors (Lipinski definition) is 6. The Hall–Kier alpha value is -1.63. The van der Waals surface area contributed by atoms with Crippen LogP contribution in [0.25, 0.3) is 11.4 Å². The number of aliphatic hydroxyl groups excluding tert-OH is 1. The van der Waals surface area contributed by atoms with Crippen LogP contribution in [0.5, 0.6) is 0 Å². The fourth-order valence-corrected chi connectivity index (χ4v) is 2.58. The second kappa shape index (κ2) is 6.43. The van der Waals surface area contributed by atoms with Crippen LogP contribution in [0.1, 0.15) is 0 Å². The zero-order valence-corrected chi connectivity index (χ0v) is 12.3. The standard InChI is InChI=1S/C14H17ClN4O2/c15-12-3-1-2-11(10-12)13-16-14(21-17-13)19-6-4-18(5-7-19)8-9-20/h1-3,10,20H,4-9H2. The van der Waals surface area contributed by atoms with Gasteiger partial charge in [-0.3, -0.25) is 4.90 Å². The quantitative estimate of drug-likeness (QED) is 0.923. The predicted molar refractivity (Wildman–Crippen MR) is 80.5 cm³/mol. The van der Waals surface area contributed by atoms with E-state index in [2.05, 4.69) is 19.9 Å². The van der Waals surface area contributed by atoms with E-state index in [1.807, 2.05) is 24.3 Å². The van der Waals surface area contributed by atoms with E-state index < -0.39 is 0 Å². The third-order valence-electron chi connectivity index (χ3n) is 3.56. The van der Waals surface area contributed by atoms with E-state index in [1.54, 1.807) is 0 Å². The molecule has 0 saturated carbocycles. The van der Waals surface area contributed by atoms with E-state index in [-0.39, 0.29) is 6.61 Å². The molecule has 3 rings (SSSR count). The monoisotopic (exact) mass is 308 g/mol. The van der Waals surface area contributed by atoms with Gasteiger partial charge in [-0.2, -0.15) is 4.98 Å². The van der Waals surface area contributed by atoms with E-state index in [0.29, 0.717) is 23.4 Å². The van der Waals surface area contributed by atoms with Crippen LogP contribution in [-0.2, 0) is 0 Å². The Bertz CT molecular complexity index is 596. The first kappa shape index (κ1) is 14.3. The lowest BCUT2D eigenvalue weighted by molar-refractivity contribution is 0.186. The second-order valence-corrected chi connectivity index (χ2v) is 5.40. The van der Waals surface area contributed by atoms with Crippen LogP contribution in [0, 0.1) is 0 Å². The largest absolute Gasteiger partial charge is 0.395 e. The van der Waals surface area contributed by atoms with Crippen molar-refractivity contribution in [3.63, 3.8) is 0 Å². The van der Waals surface area contributed by atoms with Gasteiger partial charge in [0.1, 0.15) is 0 Å². The summed E-state index contributed by atoms with van der Waals surface area (Å²) < 4.78 is 5.35. The van der Waals surface area contributed by atoms with Crippen molar-refractivity contribution in [3.05, 3.63) is 29.3 Å². The van der Waals surface area contributed by atoms with E-state index >= 15 is 0 Å². The molecule has 2 aromatic rings. The lowest BCUT2D eigenvalue weighted by atomic mass is 10.2. The Balaban J connectivity index is 1.68. The lowest BCUT2D eigenvalue weighted by Crippen LogP contribution is -2.47. The molecule has 0 bridgehead atoms. The van der Waals surface area contributed by atoms with Crippen molar-refractivity contribution in [3.8, 4) is 11.4 Å². The van der Waals surface area contributed by atoms with Crippen molar-refractivity contribution >= 4 is 17.6 Å². The highest BCUT2D eigenvalue weighted by Crippen LogP contribution is 2.23. The van der Waals surface area contributed by atoms with Gasteiger partial charge in [-0.15, -0.1) is 0 Å². The molecule has 1 aliphatic heterocycles. The molecular weight excluding hydrogens is 292 g/mol. The summed E-state index contributed by atoms with van der Waals surface area (Å²) in [7, 11) is 0. The summed E-state index contributed by atoms with van der Waals surface area (Å²) in [6.07, 6.45) is 0. The van der Waals surface area contributed by atoms with Gasteiger partial charge in [-0.05, 0) is 12.1 Å². The second-order valence-electron chi connectivity index (χ2n) is 4.96. The molecule has 21 heavy (non-hydrogen) atoms. The molecule has 1 saturated heterocycles. The number of anilines is 1. The highest BCUT2D eigenvalue weighted by atomic mass is 35.5. The normalized spacial score (nSPS) is 16.4. The van der Waals surface area contributed by atoms with Gasteiger partial charge in [0.15, 0.2) is 0 Å². The van der Waals surface area contributed by atoms with Gasteiger partial charge in [0.2, 0.25) is 5.82 Å². The van der Waals surface area contributed by atoms with Gasteiger partial charge in [-0.1, -0.05) is 28.9 Å². The number of aromatic nitrogens is 2. The molecule has 7 heteroatoms. The number of aliphatic hydroxyl groups is 1. The SMILES string of the molecule is OCCN1CCN(c2nc(-c3cccc(Cl)c3)no2)CC1. The zero-order valence-electron chi connectivity index (χ0n) is 11.6. The summed E-state index contributed by atoms with van der Waals surface area (Å²) in [4.78, 5) is 8.72. The summed E-state index contributed by atoms with van der Waals surface area (Å²) in [5.74, 6) is 0.547. The van der Waals surface area contributed by atoms with Crippen molar-refractivity contribution in [2.45, 2.75) is 0 Å². The van der Waals surface area contributed by atoms with Crippen molar-refractivity contribution in [2.75, 3.05) is 44.2 Å². The van der Waals surface area contributed by atoms with Crippen LogP contribution in [0.3, 0.4) is 0 Å². The van der Waals surface area contributed by atoms with Gasteiger partial charge in [-0.25, -0.2) is 0 Å². The first-order valence-corrected chi connectivity index (χ1v) is 7.32. The van der Waals surface area contributed by atoms with Crippen LogP contribution in [0.4, 0.5) is 6.01 Å². The maximum atomic E-state index is 8.95. The molecule has 1 fully saturated rings. The van der Waals surface area contributed by atoms with Crippen LogP contribution in [0.2, 0.25) is 5.02 Å². The van der Waals surface area contributed by atoms with E-state index in [0.717, 1.165) is 31.7 Å². The molecule has 1 aromatic heterocycles. The number of piperazine rings is 1. The molecule has 0 atom stereocenters. The first-order chi connectivity index (χ1) is 10.3. The highest BCUT2D eigenvalue weighted by Gasteiger charge is 2.21. The van der Waals surface area contributed by atoms with Crippen molar-refractivity contribution in [2.24, 2.45) is 0 Å².